The van der Waals surface area contributed by atoms with Crippen molar-refractivity contribution in [3.05, 3.63) is 63.9 Å². The predicted molar refractivity (Wildman–Crippen MR) is 83.3 cm³/mol. The lowest BCUT2D eigenvalue weighted by molar-refractivity contribution is 0.185. The van der Waals surface area contributed by atoms with E-state index in [4.69, 9.17) is 4.74 Å². The van der Waals surface area contributed by atoms with Crippen molar-refractivity contribution in [3.63, 3.8) is 0 Å². The van der Waals surface area contributed by atoms with Crippen LogP contribution in [0.2, 0.25) is 0 Å². The molecule has 0 spiro atoms. The Hall–Kier alpha value is -1.39. The minimum atomic E-state index is -0.241. The average Bonchev–Trinajstić information content (AvgIpc) is 2.39. The lowest BCUT2D eigenvalue weighted by Gasteiger charge is -2.18. The Labute approximate surface area is 127 Å². The molecule has 0 heterocycles. The minimum absolute atomic E-state index is 0.0720. The summed E-state index contributed by atoms with van der Waals surface area (Å²) in [5.74, 6) is -0.241. The SMILES string of the molecule is COCc1cccc(NC(C)c2ccc(F)cc2Br)c1. The standard InChI is InChI=1S/C16H17BrFNO/c1-11(15-7-6-13(18)9-16(15)17)19-14-5-3-4-12(8-14)10-20-2/h3-9,11,19H,10H2,1-2H3. The zero-order valence-corrected chi connectivity index (χ0v) is 13.1. The summed E-state index contributed by atoms with van der Waals surface area (Å²) >= 11 is 3.40. The zero-order chi connectivity index (χ0) is 14.5. The molecule has 2 rings (SSSR count). The molecule has 0 aliphatic heterocycles. The highest BCUT2D eigenvalue weighted by Gasteiger charge is 2.10. The van der Waals surface area contributed by atoms with Crippen molar-refractivity contribution in [2.45, 2.75) is 19.6 Å². The highest BCUT2D eigenvalue weighted by molar-refractivity contribution is 9.10. The van der Waals surface area contributed by atoms with Crippen LogP contribution in [0.15, 0.2) is 46.9 Å². The summed E-state index contributed by atoms with van der Waals surface area (Å²) in [6.45, 7) is 2.63. The fraction of sp³-hybridized carbons (Fsp3) is 0.250. The molecule has 0 radical (unpaired) electrons. The predicted octanol–water partition coefficient (Wildman–Crippen LogP) is 4.91. The Bertz CT molecular complexity index is 588. The summed E-state index contributed by atoms with van der Waals surface area (Å²) in [5, 5.41) is 3.41. The third-order valence-electron chi connectivity index (χ3n) is 3.05. The van der Waals surface area contributed by atoms with E-state index in [0.717, 1.165) is 21.3 Å². The van der Waals surface area contributed by atoms with Gasteiger partial charge in [0.15, 0.2) is 0 Å². The summed E-state index contributed by atoms with van der Waals surface area (Å²) in [6.07, 6.45) is 0. The van der Waals surface area contributed by atoms with Crippen molar-refractivity contribution in [2.75, 3.05) is 12.4 Å². The lowest BCUT2D eigenvalue weighted by Crippen LogP contribution is -2.07. The first-order valence-corrected chi connectivity index (χ1v) is 7.19. The van der Waals surface area contributed by atoms with Gasteiger partial charge in [-0.2, -0.15) is 0 Å². The average molecular weight is 338 g/mol. The van der Waals surface area contributed by atoms with E-state index in [1.165, 1.54) is 12.1 Å². The van der Waals surface area contributed by atoms with Gasteiger partial charge in [-0.3, -0.25) is 0 Å². The lowest BCUT2D eigenvalue weighted by atomic mass is 10.1. The van der Waals surface area contributed by atoms with Gasteiger partial charge in [-0.1, -0.05) is 34.1 Å². The van der Waals surface area contributed by atoms with Crippen molar-refractivity contribution >= 4 is 21.6 Å². The number of hydrogen-bond acceptors (Lipinski definition) is 2. The van der Waals surface area contributed by atoms with E-state index in [9.17, 15) is 4.39 Å². The fourth-order valence-electron chi connectivity index (χ4n) is 2.10. The van der Waals surface area contributed by atoms with E-state index in [0.29, 0.717) is 6.61 Å². The Morgan fingerprint density at radius 2 is 2.05 bits per heavy atom. The molecule has 0 saturated carbocycles. The topological polar surface area (TPSA) is 21.3 Å². The molecule has 106 valence electrons. The molecule has 0 aliphatic carbocycles. The summed E-state index contributed by atoms with van der Waals surface area (Å²) < 4.78 is 19.0. The number of benzene rings is 2. The van der Waals surface area contributed by atoms with Crippen LogP contribution in [0, 0.1) is 5.82 Å². The van der Waals surface area contributed by atoms with E-state index in [1.807, 2.05) is 25.1 Å². The van der Waals surface area contributed by atoms with Gasteiger partial charge in [-0.05, 0) is 42.3 Å². The van der Waals surface area contributed by atoms with Crippen molar-refractivity contribution in [1.82, 2.24) is 0 Å². The van der Waals surface area contributed by atoms with Crippen LogP contribution in [0.25, 0.3) is 0 Å². The van der Waals surface area contributed by atoms with E-state index in [1.54, 1.807) is 13.2 Å². The molecule has 4 heteroatoms. The van der Waals surface area contributed by atoms with Crippen LogP contribution < -0.4 is 5.32 Å². The molecule has 2 nitrogen and oxygen atoms in total. The first kappa shape index (κ1) is 15.0. The summed E-state index contributed by atoms with van der Waals surface area (Å²) in [4.78, 5) is 0. The first-order valence-electron chi connectivity index (χ1n) is 6.39. The van der Waals surface area contributed by atoms with Crippen molar-refractivity contribution in [1.29, 1.82) is 0 Å². The van der Waals surface area contributed by atoms with Gasteiger partial charge in [-0.25, -0.2) is 4.39 Å². The smallest absolute Gasteiger partial charge is 0.124 e. The van der Waals surface area contributed by atoms with Crippen LogP contribution in [-0.4, -0.2) is 7.11 Å². The Morgan fingerprint density at radius 1 is 1.25 bits per heavy atom. The van der Waals surface area contributed by atoms with Crippen molar-refractivity contribution in [2.24, 2.45) is 0 Å². The molecule has 0 fully saturated rings. The van der Waals surface area contributed by atoms with Gasteiger partial charge in [-0.15, -0.1) is 0 Å². The quantitative estimate of drug-likeness (QED) is 0.837. The molecule has 2 aromatic rings. The Balaban J connectivity index is 2.14. The molecule has 0 aliphatic rings. The molecule has 2 aromatic carbocycles. The van der Waals surface area contributed by atoms with E-state index >= 15 is 0 Å². The van der Waals surface area contributed by atoms with Crippen LogP contribution in [0.4, 0.5) is 10.1 Å². The molecule has 1 N–H and O–H groups in total. The Kier molecular flexibility index (Phi) is 5.15. The molecule has 0 bridgehead atoms. The number of anilines is 1. The van der Waals surface area contributed by atoms with Gasteiger partial charge in [0.2, 0.25) is 0 Å². The van der Waals surface area contributed by atoms with Gasteiger partial charge in [0.25, 0.3) is 0 Å². The zero-order valence-electron chi connectivity index (χ0n) is 11.5. The normalized spacial score (nSPS) is 12.2. The Morgan fingerprint density at radius 3 is 2.75 bits per heavy atom. The van der Waals surface area contributed by atoms with Crippen LogP contribution in [0.5, 0.6) is 0 Å². The minimum Gasteiger partial charge on any atom is -0.380 e. The molecule has 0 aromatic heterocycles. The molecule has 1 atom stereocenters. The summed E-state index contributed by atoms with van der Waals surface area (Å²) in [5.41, 5.74) is 3.15. The monoisotopic (exact) mass is 337 g/mol. The maximum atomic E-state index is 13.1. The molecule has 20 heavy (non-hydrogen) atoms. The number of nitrogens with one attached hydrogen (secondary N) is 1. The number of halogens is 2. The second-order valence-electron chi connectivity index (χ2n) is 4.67. The summed E-state index contributed by atoms with van der Waals surface area (Å²) in [6, 6.07) is 12.9. The van der Waals surface area contributed by atoms with Gasteiger partial charge in [0, 0.05) is 23.3 Å². The van der Waals surface area contributed by atoms with E-state index in [2.05, 4.69) is 27.3 Å². The van der Waals surface area contributed by atoms with Crippen molar-refractivity contribution in [3.8, 4) is 0 Å². The second kappa shape index (κ2) is 6.86. The van der Waals surface area contributed by atoms with E-state index < -0.39 is 0 Å². The maximum Gasteiger partial charge on any atom is 0.124 e. The van der Waals surface area contributed by atoms with Gasteiger partial charge in [0.05, 0.1) is 6.61 Å². The molecular formula is C16H17BrFNO. The molecular weight excluding hydrogens is 321 g/mol. The fourth-order valence-corrected chi connectivity index (χ4v) is 2.79. The third kappa shape index (κ3) is 3.81. The van der Waals surface area contributed by atoms with Gasteiger partial charge >= 0.3 is 0 Å². The van der Waals surface area contributed by atoms with Gasteiger partial charge < -0.3 is 10.1 Å². The summed E-state index contributed by atoms with van der Waals surface area (Å²) in [7, 11) is 1.68. The second-order valence-corrected chi connectivity index (χ2v) is 5.52. The largest absolute Gasteiger partial charge is 0.380 e. The number of hydrogen-bond donors (Lipinski definition) is 1. The highest BCUT2D eigenvalue weighted by Crippen LogP contribution is 2.27. The molecule has 0 amide bonds. The molecule has 0 saturated heterocycles. The third-order valence-corrected chi connectivity index (χ3v) is 3.74. The number of ether oxygens (including phenoxy) is 1. The van der Waals surface area contributed by atoms with Crippen LogP contribution >= 0.6 is 15.9 Å². The van der Waals surface area contributed by atoms with E-state index in [-0.39, 0.29) is 11.9 Å². The maximum absolute atomic E-state index is 13.1. The number of methoxy groups -OCH3 is 1. The highest BCUT2D eigenvalue weighted by atomic mass is 79.9. The van der Waals surface area contributed by atoms with Crippen LogP contribution in [0.1, 0.15) is 24.1 Å². The van der Waals surface area contributed by atoms with Crippen LogP contribution in [-0.2, 0) is 11.3 Å². The molecule has 1 unspecified atom stereocenters. The first-order chi connectivity index (χ1) is 9.60. The number of rotatable bonds is 5. The van der Waals surface area contributed by atoms with Crippen molar-refractivity contribution < 1.29 is 9.13 Å². The van der Waals surface area contributed by atoms with Crippen LogP contribution in [0.3, 0.4) is 0 Å². The van der Waals surface area contributed by atoms with Gasteiger partial charge in [0.1, 0.15) is 5.82 Å².